The highest BCUT2D eigenvalue weighted by Gasteiger charge is 2.43. The minimum atomic E-state index is -0.383. The van der Waals surface area contributed by atoms with Crippen molar-refractivity contribution in [1.82, 2.24) is 9.97 Å². The molecule has 2 aliphatic carbocycles. The summed E-state index contributed by atoms with van der Waals surface area (Å²) in [6.07, 6.45) is 0. The van der Waals surface area contributed by atoms with Crippen molar-refractivity contribution in [1.29, 1.82) is 0 Å². The average molecular weight is 779 g/mol. The first kappa shape index (κ1) is 35.5. The largest absolute Gasteiger partial charge is 0.228 e. The Labute approximate surface area is 356 Å². The van der Waals surface area contributed by atoms with Crippen LogP contribution in [0, 0.1) is 0 Å². The third kappa shape index (κ3) is 5.15. The Bertz CT molecular complexity index is 3400. The van der Waals surface area contributed by atoms with Gasteiger partial charge in [0.1, 0.15) is 0 Å². The molecule has 0 aliphatic heterocycles. The van der Waals surface area contributed by atoms with Gasteiger partial charge in [0.15, 0.2) is 5.82 Å². The van der Waals surface area contributed by atoms with E-state index in [0.717, 1.165) is 28.1 Å². The van der Waals surface area contributed by atoms with Gasteiger partial charge in [-0.1, -0.05) is 208 Å². The maximum atomic E-state index is 5.43. The van der Waals surface area contributed by atoms with Gasteiger partial charge in [-0.2, -0.15) is 0 Å². The Hall–Kier alpha value is -7.42. The highest BCUT2D eigenvalue weighted by molar-refractivity contribution is 6.09. The van der Waals surface area contributed by atoms with Crippen LogP contribution in [0.15, 0.2) is 200 Å². The molecule has 1 heterocycles. The Morgan fingerprint density at radius 2 is 0.918 bits per heavy atom. The van der Waals surface area contributed by atoms with Gasteiger partial charge >= 0.3 is 0 Å². The normalized spacial score (nSPS) is 15.7. The molecular weight excluding hydrogens is 737 g/mol. The van der Waals surface area contributed by atoms with Crippen LogP contribution in [0.5, 0.6) is 0 Å². The minimum Gasteiger partial charge on any atom is -0.228 e. The van der Waals surface area contributed by atoms with Crippen LogP contribution in [0.3, 0.4) is 0 Å². The molecule has 0 spiro atoms. The zero-order chi connectivity index (χ0) is 40.9. The molecule has 61 heavy (non-hydrogen) atoms. The molecule has 0 bridgehead atoms. The average Bonchev–Trinajstić information content (AvgIpc) is 3.73. The summed E-state index contributed by atoms with van der Waals surface area (Å²) in [6.45, 7) is 7.16. The summed E-state index contributed by atoms with van der Waals surface area (Å²) in [6, 6.07) is 73.0. The predicted octanol–water partition coefficient (Wildman–Crippen LogP) is 15.1. The van der Waals surface area contributed by atoms with Crippen LogP contribution >= 0.6 is 0 Å². The highest BCUT2D eigenvalue weighted by atomic mass is 14.9. The van der Waals surface area contributed by atoms with Crippen LogP contribution in [0.2, 0.25) is 0 Å². The van der Waals surface area contributed by atoms with Gasteiger partial charge in [0.05, 0.1) is 11.4 Å². The van der Waals surface area contributed by atoms with E-state index in [1.54, 1.807) is 0 Å². The fourth-order valence-corrected chi connectivity index (χ4v) is 11.0. The van der Waals surface area contributed by atoms with Gasteiger partial charge in [0, 0.05) is 27.5 Å². The molecule has 12 rings (SSSR count). The van der Waals surface area contributed by atoms with Crippen molar-refractivity contribution in [2.24, 2.45) is 0 Å². The van der Waals surface area contributed by atoms with Gasteiger partial charge in [0.25, 0.3) is 0 Å². The van der Waals surface area contributed by atoms with Crippen molar-refractivity contribution < 1.29 is 0 Å². The maximum absolute atomic E-state index is 5.43. The van der Waals surface area contributed by atoms with Crippen LogP contribution < -0.4 is 0 Å². The molecule has 1 unspecified atom stereocenters. The van der Waals surface area contributed by atoms with Crippen LogP contribution in [0.1, 0.15) is 48.6 Å². The first-order chi connectivity index (χ1) is 29.9. The van der Waals surface area contributed by atoms with Gasteiger partial charge in [-0.25, -0.2) is 9.97 Å². The molecule has 2 nitrogen and oxygen atoms in total. The summed E-state index contributed by atoms with van der Waals surface area (Å²) in [5.74, 6) is 0.711. The quantitative estimate of drug-likeness (QED) is 0.174. The van der Waals surface area contributed by atoms with E-state index < -0.39 is 0 Å². The highest BCUT2D eigenvalue weighted by Crippen LogP contribution is 2.57. The molecule has 0 saturated carbocycles. The standard InChI is InChI=1S/C59H42N2/c1-58(2)51-35-32-37-18-10-11-23-40(37)54(51)49-30-17-27-46(55(49)58)43-33-34-45(42-25-13-12-24-41(42)43)52-36-53(61-57(60-52)38-19-6-4-7-20-38)48-29-16-28-47-44-26-14-15-31-50(44)59(3,56(47)48)39-21-8-5-9-22-39/h4-36H,1-3H3. The number of rotatable bonds is 5. The number of hydrogen-bond donors (Lipinski definition) is 0. The van der Waals surface area contributed by atoms with Crippen molar-refractivity contribution >= 4 is 21.5 Å². The van der Waals surface area contributed by atoms with Crippen LogP contribution in [0.25, 0.3) is 88.8 Å². The van der Waals surface area contributed by atoms with E-state index in [4.69, 9.17) is 9.97 Å². The fraction of sp³-hybridized carbons (Fsp3) is 0.0847. The van der Waals surface area contributed by atoms with Gasteiger partial charge in [-0.05, 0) is 95.7 Å². The number of benzene rings is 9. The molecule has 0 radical (unpaired) electrons. The topological polar surface area (TPSA) is 25.8 Å². The Morgan fingerprint density at radius 3 is 1.69 bits per heavy atom. The SMILES string of the molecule is CC1(C)c2ccc3ccccc3c2-c2cccc(-c3ccc(-c4cc(-c5cccc6c5C(C)(c5ccccc5)c5ccccc5-6)nc(-c5ccccc5)n4)c4ccccc34)c21. The van der Waals surface area contributed by atoms with Crippen molar-refractivity contribution in [3.8, 4) is 67.3 Å². The Balaban J connectivity index is 1.08. The maximum Gasteiger partial charge on any atom is 0.160 e. The van der Waals surface area contributed by atoms with Crippen LogP contribution in [-0.4, -0.2) is 9.97 Å². The summed E-state index contributed by atoms with van der Waals surface area (Å²) in [4.78, 5) is 10.8. The van der Waals surface area contributed by atoms with Gasteiger partial charge < -0.3 is 0 Å². The molecule has 2 aliphatic rings. The van der Waals surface area contributed by atoms with Crippen molar-refractivity contribution in [2.75, 3.05) is 0 Å². The Morgan fingerprint density at radius 1 is 0.361 bits per heavy atom. The molecule has 10 aromatic rings. The van der Waals surface area contributed by atoms with Crippen LogP contribution in [0.4, 0.5) is 0 Å². The molecule has 1 atom stereocenters. The lowest BCUT2D eigenvalue weighted by molar-refractivity contribution is 0.662. The summed E-state index contributed by atoms with van der Waals surface area (Å²) in [5, 5.41) is 4.97. The zero-order valence-electron chi connectivity index (χ0n) is 34.4. The zero-order valence-corrected chi connectivity index (χ0v) is 34.4. The molecular formula is C59H42N2. The lowest BCUT2D eigenvalue weighted by Crippen LogP contribution is -2.23. The lowest BCUT2D eigenvalue weighted by Gasteiger charge is -2.30. The van der Waals surface area contributed by atoms with Gasteiger partial charge in [-0.3, -0.25) is 0 Å². The van der Waals surface area contributed by atoms with Gasteiger partial charge in [-0.15, -0.1) is 0 Å². The first-order valence-corrected chi connectivity index (χ1v) is 21.3. The number of hydrogen-bond acceptors (Lipinski definition) is 2. The second kappa shape index (κ2) is 13.3. The second-order valence-electron chi connectivity index (χ2n) is 17.4. The van der Waals surface area contributed by atoms with E-state index >= 15 is 0 Å². The van der Waals surface area contributed by atoms with E-state index in [2.05, 4.69) is 221 Å². The van der Waals surface area contributed by atoms with Crippen molar-refractivity contribution in [3.63, 3.8) is 0 Å². The van der Waals surface area contributed by atoms with E-state index in [9.17, 15) is 0 Å². The molecule has 0 saturated heterocycles. The summed E-state index contributed by atoms with van der Waals surface area (Å²) >= 11 is 0. The van der Waals surface area contributed by atoms with E-state index in [-0.39, 0.29) is 10.8 Å². The number of nitrogens with zero attached hydrogens (tertiary/aromatic N) is 2. The van der Waals surface area contributed by atoms with Crippen molar-refractivity contribution in [2.45, 2.75) is 31.6 Å². The second-order valence-corrected chi connectivity index (χ2v) is 17.4. The number of aromatic nitrogens is 2. The summed E-state index contributed by atoms with van der Waals surface area (Å²) in [7, 11) is 0. The summed E-state index contributed by atoms with van der Waals surface area (Å²) in [5.41, 5.74) is 18.8. The molecule has 288 valence electrons. The minimum absolute atomic E-state index is 0.180. The van der Waals surface area contributed by atoms with Gasteiger partial charge in [0.2, 0.25) is 0 Å². The van der Waals surface area contributed by atoms with E-state index in [1.807, 2.05) is 0 Å². The molecule has 9 aromatic carbocycles. The number of fused-ring (bicyclic) bond motifs is 9. The van der Waals surface area contributed by atoms with Crippen LogP contribution in [-0.2, 0) is 10.8 Å². The smallest absolute Gasteiger partial charge is 0.160 e. The molecule has 0 amide bonds. The van der Waals surface area contributed by atoms with E-state index in [1.165, 1.54) is 82.7 Å². The molecule has 1 aromatic heterocycles. The van der Waals surface area contributed by atoms with Crippen molar-refractivity contribution in [3.05, 3.63) is 228 Å². The fourth-order valence-electron chi connectivity index (χ4n) is 11.0. The molecule has 0 N–H and O–H groups in total. The Kier molecular flexibility index (Phi) is 7.74. The molecule has 0 fully saturated rings. The predicted molar refractivity (Wildman–Crippen MR) is 254 cm³/mol. The third-order valence-corrected chi connectivity index (χ3v) is 13.8. The first-order valence-electron chi connectivity index (χ1n) is 21.3. The monoisotopic (exact) mass is 778 g/mol. The summed E-state index contributed by atoms with van der Waals surface area (Å²) < 4.78 is 0. The van der Waals surface area contributed by atoms with E-state index in [0.29, 0.717) is 5.82 Å². The lowest BCUT2D eigenvalue weighted by atomic mass is 9.72. The molecule has 2 heteroatoms. The third-order valence-electron chi connectivity index (χ3n) is 13.8.